The molecule has 2 aromatic heterocycles. The van der Waals surface area contributed by atoms with Crippen molar-refractivity contribution in [2.24, 2.45) is 0 Å². The topological polar surface area (TPSA) is 136 Å². The van der Waals surface area contributed by atoms with Gasteiger partial charge in [0.2, 0.25) is 5.91 Å². The Bertz CT molecular complexity index is 1820. The standard InChI is InChI=1S/C34H34N8O4/c1-24-32-38-31(25-10-3-2-4-11-25)39-42(32)20-21-46-27-13-7-12-26(22-27)33(44)35-16-8-18-40(23-30(43)37-24)34(45)28-14-5-6-15-29(28)41-19-9-17-36-41/h2-7,9-15,17,19,22,24H,8,16,18,20-21,23H2,1H3,(H,35,44)(H,37,43)/t24-/m0/s1. The molecule has 0 unspecified atom stereocenters. The van der Waals surface area contributed by atoms with Crippen LogP contribution in [0.25, 0.3) is 17.1 Å². The molecule has 1 aliphatic heterocycles. The van der Waals surface area contributed by atoms with Crippen molar-refractivity contribution in [1.82, 2.24) is 40.1 Å². The molecule has 2 bridgehead atoms. The molecule has 0 saturated heterocycles. The quantitative estimate of drug-likeness (QED) is 0.315. The van der Waals surface area contributed by atoms with Crippen LogP contribution in [0.15, 0.2) is 97.3 Å². The lowest BCUT2D eigenvalue weighted by atomic mass is 10.1. The van der Waals surface area contributed by atoms with Gasteiger partial charge in [0.15, 0.2) is 5.82 Å². The van der Waals surface area contributed by atoms with Crippen LogP contribution in [0.2, 0.25) is 0 Å². The lowest BCUT2D eigenvalue weighted by molar-refractivity contribution is -0.122. The number of para-hydroxylation sites is 1. The summed E-state index contributed by atoms with van der Waals surface area (Å²) >= 11 is 0. The minimum atomic E-state index is -0.521. The Kier molecular flexibility index (Phi) is 9.14. The average Bonchev–Trinajstić information content (AvgIpc) is 3.77. The monoisotopic (exact) mass is 618 g/mol. The molecule has 3 amide bonds. The van der Waals surface area contributed by atoms with Gasteiger partial charge in [-0.2, -0.15) is 10.2 Å². The minimum absolute atomic E-state index is 0.199. The van der Waals surface area contributed by atoms with Crippen LogP contribution >= 0.6 is 0 Å². The Labute approximate surface area is 266 Å². The number of ether oxygens (including phenoxy) is 1. The molecule has 5 aromatic rings. The molecule has 2 N–H and O–H groups in total. The van der Waals surface area contributed by atoms with E-state index in [9.17, 15) is 14.4 Å². The summed E-state index contributed by atoms with van der Waals surface area (Å²) < 4.78 is 9.32. The number of nitrogens with one attached hydrogen (secondary N) is 2. The van der Waals surface area contributed by atoms with Crippen molar-refractivity contribution < 1.29 is 19.1 Å². The summed E-state index contributed by atoms with van der Waals surface area (Å²) in [7, 11) is 0. The van der Waals surface area contributed by atoms with E-state index in [0.29, 0.717) is 53.7 Å². The van der Waals surface area contributed by atoms with Crippen molar-refractivity contribution in [3.8, 4) is 22.8 Å². The molecule has 0 aliphatic carbocycles. The van der Waals surface area contributed by atoms with Crippen LogP contribution in [0.3, 0.4) is 0 Å². The van der Waals surface area contributed by atoms with Crippen LogP contribution in [-0.4, -0.2) is 73.4 Å². The summed E-state index contributed by atoms with van der Waals surface area (Å²) in [6, 6.07) is 25.0. The number of carbonyl (C=O) groups is 3. The van der Waals surface area contributed by atoms with Crippen LogP contribution in [0.4, 0.5) is 0 Å². The highest BCUT2D eigenvalue weighted by Gasteiger charge is 2.25. The highest BCUT2D eigenvalue weighted by molar-refractivity contribution is 5.99. The van der Waals surface area contributed by atoms with Crippen LogP contribution in [0, 0.1) is 0 Å². The van der Waals surface area contributed by atoms with Gasteiger partial charge in [-0.05, 0) is 49.7 Å². The first-order valence-electron chi connectivity index (χ1n) is 15.1. The van der Waals surface area contributed by atoms with Gasteiger partial charge in [0.1, 0.15) is 18.2 Å². The third kappa shape index (κ3) is 6.96. The van der Waals surface area contributed by atoms with Crippen LogP contribution < -0.4 is 15.4 Å². The largest absolute Gasteiger partial charge is 0.492 e. The van der Waals surface area contributed by atoms with E-state index in [2.05, 4.69) is 15.7 Å². The smallest absolute Gasteiger partial charge is 0.256 e. The molecule has 6 rings (SSSR count). The van der Waals surface area contributed by atoms with E-state index in [1.807, 2.05) is 43.3 Å². The van der Waals surface area contributed by atoms with Gasteiger partial charge in [-0.25, -0.2) is 14.3 Å². The third-order valence-electron chi connectivity index (χ3n) is 7.56. The number of carbonyl (C=O) groups excluding carboxylic acids is 3. The van der Waals surface area contributed by atoms with Crippen LogP contribution in [0.1, 0.15) is 45.9 Å². The van der Waals surface area contributed by atoms with E-state index in [1.54, 1.807) is 70.3 Å². The number of amides is 3. The van der Waals surface area contributed by atoms with Crippen molar-refractivity contribution in [2.75, 3.05) is 26.2 Å². The predicted molar refractivity (Wildman–Crippen MR) is 170 cm³/mol. The van der Waals surface area contributed by atoms with E-state index < -0.39 is 6.04 Å². The summed E-state index contributed by atoms with van der Waals surface area (Å²) in [6.07, 6.45) is 3.82. The molecule has 12 nitrogen and oxygen atoms in total. The van der Waals surface area contributed by atoms with E-state index in [-0.39, 0.29) is 37.4 Å². The summed E-state index contributed by atoms with van der Waals surface area (Å²) in [6.45, 7) is 2.78. The van der Waals surface area contributed by atoms with Gasteiger partial charge in [0.25, 0.3) is 11.8 Å². The second-order valence-electron chi connectivity index (χ2n) is 10.9. The van der Waals surface area contributed by atoms with E-state index in [1.165, 1.54) is 4.90 Å². The van der Waals surface area contributed by atoms with Crippen molar-refractivity contribution in [3.63, 3.8) is 0 Å². The van der Waals surface area contributed by atoms with Gasteiger partial charge in [-0.15, -0.1) is 0 Å². The van der Waals surface area contributed by atoms with Crippen molar-refractivity contribution >= 4 is 17.7 Å². The first kappa shape index (κ1) is 30.3. The number of hydrogen-bond donors (Lipinski definition) is 2. The zero-order chi connectivity index (χ0) is 31.9. The number of hydrogen-bond acceptors (Lipinski definition) is 7. The van der Waals surface area contributed by atoms with Gasteiger partial charge in [0, 0.05) is 36.6 Å². The van der Waals surface area contributed by atoms with Crippen LogP contribution in [0.5, 0.6) is 5.75 Å². The highest BCUT2D eigenvalue weighted by atomic mass is 16.5. The SMILES string of the molecule is C[C@@H]1NC(=O)CN(C(=O)c2ccccc2-n2cccn2)CCCNC(=O)c2cccc(c2)OCCn2nc(-c3ccccc3)nc21. The molecule has 0 saturated carbocycles. The normalized spacial score (nSPS) is 16.3. The summed E-state index contributed by atoms with van der Waals surface area (Å²) in [4.78, 5) is 46.7. The van der Waals surface area contributed by atoms with E-state index >= 15 is 0 Å². The fourth-order valence-corrected chi connectivity index (χ4v) is 5.31. The zero-order valence-electron chi connectivity index (χ0n) is 25.4. The zero-order valence-corrected chi connectivity index (χ0v) is 25.4. The summed E-state index contributed by atoms with van der Waals surface area (Å²) in [5, 5.41) is 14.9. The number of nitrogens with zero attached hydrogens (tertiary/aromatic N) is 6. The van der Waals surface area contributed by atoms with Crippen LogP contribution in [-0.2, 0) is 11.3 Å². The lowest BCUT2D eigenvalue weighted by Crippen LogP contribution is -2.43. The molecule has 1 atom stereocenters. The fraction of sp³-hybridized carbons (Fsp3) is 0.235. The minimum Gasteiger partial charge on any atom is -0.492 e. The molecule has 0 fully saturated rings. The molecule has 0 radical (unpaired) electrons. The Balaban J connectivity index is 1.30. The number of benzene rings is 3. The van der Waals surface area contributed by atoms with Gasteiger partial charge >= 0.3 is 0 Å². The lowest BCUT2D eigenvalue weighted by Gasteiger charge is -2.24. The molecule has 3 aromatic carbocycles. The Morgan fingerprint density at radius 3 is 2.57 bits per heavy atom. The predicted octanol–water partition coefficient (Wildman–Crippen LogP) is 3.66. The number of rotatable bonds is 3. The fourth-order valence-electron chi connectivity index (χ4n) is 5.31. The van der Waals surface area contributed by atoms with E-state index in [4.69, 9.17) is 14.8 Å². The summed E-state index contributed by atoms with van der Waals surface area (Å²) in [5.74, 6) is 0.678. The molecule has 0 spiro atoms. The number of aromatic nitrogens is 5. The van der Waals surface area contributed by atoms with Crippen molar-refractivity contribution in [3.05, 3.63) is 114 Å². The second-order valence-corrected chi connectivity index (χ2v) is 10.9. The molecule has 1 aliphatic rings. The summed E-state index contributed by atoms with van der Waals surface area (Å²) in [5.41, 5.74) is 2.30. The van der Waals surface area contributed by atoms with Gasteiger partial charge in [0.05, 0.1) is 30.4 Å². The second kappa shape index (κ2) is 13.9. The Hall–Kier alpha value is -5.78. The Morgan fingerprint density at radius 1 is 0.935 bits per heavy atom. The average molecular weight is 619 g/mol. The maximum absolute atomic E-state index is 14.0. The van der Waals surface area contributed by atoms with Crippen molar-refractivity contribution in [2.45, 2.75) is 25.9 Å². The van der Waals surface area contributed by atoms with Gasteiger partial charge in [-0.1, -0.05) is 48.5 Å². The molecule has 234 valence electrons. The maximum atomic E-state index is 14.0. The third-order valence-corrected chi connectivity index (χ3v) is 7.56. The number of fused-ring (bicyclic) bond motifs is 3. The van der Waals surface area contributed by atoms with Crippen molar-refractivity contribution in [1.29, 1.82) is 0 Å². The first-order valence-corrected chi connectivity index (χ1v) is 15.1. The molecule has 12 heteroatoms. The van der Waals surface area contributed by atoms with Gasteiger partial charge in [-0.3, -0.25) is 14.4 Å². The molecular formula is C34H34N8O4. The molecular weight excluding hydrogens is 584 g/mol. The first-order chi connectivity index (χ1) is 22.5. The highest BCUT2D eigenvalue weighted by Crippen LogP contribution is 2.21. The van der Waals surface area contributed by atoms with Gasteiger partial charge < -0.3 is 20.3 Å². The maximum Gasteiger partial charge on any atom is 0.256 e. The van der Waals surface area contributed by atoms with E-state index in [0.717, 1.165) is 5.56 Å². The molecule has 46 heavy (non-hydrogen) atoms. The molecule has 3 heterocycles. The Morgan fingerprint density at radius 2 is 1.74 bits per heavy atom.